The first kappa shape index (κ1) is 20.7. The summed E-state index contributed by atoms with van der Waals surface area (Å²) in [5, 5.41) is 12.7. The minimum absolute atomic E-state index is 0.0836. The van der Waals surface area contributed by atoms with Crippen LogP contribution in [0.5, 0.6) is 0 Å². The van der Waals surface area contributed by atoms with E-state index in [9.17, 15) is 18.0 Å². The van der Waals surface area contributed by atoms with E-state index in [0.29, 0.717) is 18.7 Å². The number of nitrogens with zero attached hydrogens (tertiary/aromatic N) is 2. The van der Waals surface area contributed by atoms with Gasteiger partial charge in [0.15, 0.2) is 0 Å². The van der Waals surface area contributed by atoms with Gasteiger partial charge < -0.3 is 5.11 Å². The van der Waals surface area contributed by atoms with Crippen molar-refractivity contribution < 1.29 is 23.1 Å². The van der Waals surface area contributed by atoms with Crippen LogP contribution in [0.25, 0.3) is 0 Å². The predicted molar refractivity (Wildman–Crippen MR) is 108 cm³/mol. The molecule has 2 N–H and O–H groups in total. The molecule has 29 heavy (non-hydrogen) atoms. The molecule has 1 saturated heterocycles. The first-order chi connectivity index (χ1) is 13.9. The van der Waals surface area contributed by atoms with Gasteiger partial charge in [0.25, 0.3) is 5.91 Å². The average molecular weight is 415 g/mol. The summed E-state index contributed by atoms with van der Waals surface area (Å²) < 4.78 is 27.0. The highest BCUT2D eigenvalue weighted by molar-refractivity contribution is 7.89. The van der Waals surface area contributed by atoms with Gasteiger partial charge in [-0.3, -0.25) is 4.79 Å². The Morgan fingerprint density at radius 1 is 1.00 bits per heavy atom. The minimum atomic E-state index is -3.63. The predicted octanol–water partition coefficient (Wildman–Crippen LogP) is 2.32. The number of piperidine rings is 1. The number of sulfonamides is 1. The number of carbonyl (C=O) groups excluding carboxylic acids is 1. The number of amides is 1. The molecule has 0 bridgehead atoms. The molecule has 2 aromatic carbocycles. The highest BCUT2D eigenvalue weighted by Gasteiger charge is 2.26. The van der Waals surface area contributed by atoms with Gasteiger partial charge in [-0.2, -0.15) is 9.41 Å². The molecule has 2 aromatic rings. The van der Waals surface area contributed by atoms with E-state index < -0.39 is 21.9 Å². The number of carbonyl (C=O) groups is 2. The van der Waals surface area contributed by atoms with Gasteiger partial charge in [0.1, 0.15) is 0 Å². The normalized spacial score (nSPS) is 15.3. The highest BCUT2D eigenvalue weighted by atomic mass is 32.2. The molecule has 0 saturated carbocycles. The van der Waals surface area contributed by atoms with E-state index >= 15 is 0 Å². The van der Waals surface area contributed by atoms with Crippen LogP contribution in [0.2, 0.25) is 0 Å². The third kappa shape index (κ3) is 5.07. The molecule has 8 nitrogen and oxygen atoms in total. The van der Waals surface area contributed by atoms with Crippen molar-refractivity contribution in [1.82, 2.24) is 9.73 Å². The maximum absolute atomic E-state index is 12.8. The summed E-state index contributed by atoms with van der Waals surface area (Å²) in [6, 6.07) is 11.9. The molecule has 0 spiro atoms. The van der Waals surface area contributed by atoms with E-state index in [1.807, 2.05) is 0 Å². The summed E-state index contributed by atoms with van der Waals surface area (Å²) in [6.07, 6.45) is 4.06. The smallest absolute Gasteiger partial charge is 0.335 e. The van der Waals surface area contributed by atoms with E-state index in [1.54, 1.807) is 12.1 Å². The first-order valence-corrected chi connectivity index (χ1v) is 10.6. The molecule has 0 unspecified atom stereocenters. The van der Waals surface area contributed by atoms with Crippen molar-refractivity contribution in [1.29, 1.82) is 0 Å². The standard InChI is InChI=1S/C20H21N3O5S/c24-19(22-21-14-15-7-9-16(10-8-15)20(25)26)17-5-4-6-18(13-17)29(27,28)23-11-2-1-3-12-23/h4-10,13-14H,1-3,11-12H2,(H,22,24)(H,25,26). The second-order valence-electron chi connectivity index (χ2n) is 6.62. The van der Waals surface area contributed by atoms with Crippen LogP contribution < -0.4 is 5.43 Å². The van der Waals surface area contributed by atoms with Crippen LogP contribution in [0, 0.1) is 0 Å². The lowest BCUT2D eigenvalue weighted by Gasteiger charge is -2.25. The molecule has 1 aliphatic heterocycles. The number of hydrogen-bond acceptors (Lipinski definition) is 5. The third-order valence-corrected chi connectivity index (χ3v) is 6.48. The Morgan fingerprint density at radius 2 is 1.69 bits per heavy atom. The summed E-state index contributed by atoms with van der Waals surface area (Å²) in [4.78, 5) is 23.2. The van der Waals surface area contributed by atoms with Crippen LogP contribution in [0.1, 0.15) is 45.5 Å². The summed E-state index contributed by atoms with van der Waals surface area (Å²) >= 11 is 0. The van der Waals surface area contributed by atoms with Gasteiger partial charge in [0.2, 0.25) is 10.0 Å². The molecular weight excluding hydrogens is 394 g/mol. The van der Waals surface area contributed by atoms with Crippen molar-refractivity contribution in [3.05, 3.63) is 65.2 Å². The van der Waals surface area contributed by atoms with Gasteiger partial charge >= 0.3 is 5.97 Å². The van der Waals surface area contributed by atoms with E-state index in [1.165, 1.54) is 46.9 Å². The van der Waals surface area contributed by atoms with Gasteiger partial charge in [-0.1, -0.05) is 24.6 Å². The lowest BCUT2D eigenvalue weighted by molar-refractivity contribution is 0.0696. The fraction of sp³-hybridized carbons (Fsp3) is 0.250. The van der Waals surface area contributed by atoms with Gasteiger partial charge in [-0.15, -0.1) is 0 Å². The Kier molecular flexibility index (Phi) is 6.40. The van der Waals surface area contributed by atoms with Crippen LogP contribution in [0.3, 0.4) is 0 Å². The Bertz CT molecular complexity index is 1030. The van der Waals surface area contributed by atoms with E-state index in [4.69, 9.17) is 5.11 Å². The Labute approximate surface area is 168 Å². The lowest BCUT2D eigenvalue weighted by atomic mass is 10.1. The van der Waals surface area contributed by atoms with Crippen molar-refractivity contribution in [3.8, 4) is 0 Å². The molecule has 0 atom stereocenters. The van der Waals surface area contributed by atoms with Crippen molar-refractivity contribution in [2.45, 2.75) is 24.2 Å². The molecule has 0 aliphatic carbocycles. The molecule has 0 radical (unpaired) electrons. The van der Waals surface area contributed by atoms with E-state index in [0.717, 1.165) is 19.3 Å². The van der Waals surface area contributed by atoms with Crippen molar-refractivity contribution in [2.75, 3.05) is 13.1 Å². The molecule has 1 amide bonds. The van der Waals surface area contributed by atoms with Gasteiger partial charge in [-0.05, 0) is 48.7 Å². The minimum Gasteiger partial charge on any atom is -0.478 e. The van der Waals surface area contributed by atoms with E-state index in [2.05, 4.69) is 10.5 Å². The molecular formula is C20H21N3O5S. The maximum Gasteiger partial charge on any atom is 0.335 e. The summed E-state index contributed by atoms with van der Waals surface area (Å²) in [5.41, 5.74) is 3.29. The highest BCUT2D eigenvalue weighted by Crippen LogP contribution is 2.21. The number of hydrogen-bond donors (Lipinski definition) is 2. The number of hydrazone groups is 1. The fourth-order valence-corrected chi connectivity index (χ4v) is 4.56. The zero-order valence-electron chi connectivity index (χ0n) is 15.6. The zero-order valence-corrected chi connectivity index (χ0v) is 16.4. The first-order valence-electron chi connectivity index (χ1n) is 9.15. The maximum atomic E-state index is 12.8. The monoisotopic (exact) mass is 415 g/mol. The number of benzene rings is 2. The fourth-order valence-electron chi connectivity index (χ4n) is 2.99. The summed E-state index contributed by atoms with van der Waals surface area (Å²) in [7, 11) is -3.63. The largest absolute Gasteiger partial charge is 0.478 e. The van der Waals surface area contributed by atoms with Crippen molar-refractivity contribution >= 4 is 28.1 Å². The van der Waals surface area contributed by atoms with Gasteiger partial charge in [-0.25, -0.2) is 18.6 Å². The van der Waals surface area contributed by atoms with Gasteiger partial charge in [0.05, 0.1) is 16.7 Å². The van der Waals surface area contributed by atoms with Crippen molar-refractivity contribution in [3.63, 3.8) is 0 Å². The van der Waals surface area contributed by atoms with E-state index in [-0.39, 0.29) is 16.0 Å². The molecule has 9 heteroatoms. The van der Waals surface area contributed by atoms with Crippen molar-refractivity contribution in [2.24, 2.45) is 5.10 Å². The number of nitrogens with one attached hydrogen (secondary N) is 1. The molecule has 1 aliphatic rings. The molecule has 152 valence electrons. The zero-order chi connectivity index (χ0) is 20.9. The summed E-state index contributed by atoms with van der Waals surface area (Å²) in [5.74, 6) is -1.57. The Balaban J connectivity index is 1.68. The number of aromatic carboxylic acids is 1. The molecule has 3 rings (SSSR count). The second kappa shape index (κ2) is 8.97. The van der Waals surface area contributed by atoms with Crippen LogP contribution >= 0.6 is 0 Å². The number of rotatable bonds is 6. The Hall–Kier alpha value is -3.04. The topological polar surface area (TPSA) is 116 Å². The van der Waals surface area contributed by atoms with Crippen LogP contribution in [-0.4, -0.2) is 49.0 Å². The molecule has 0 aromatic heterocycles. The average Bonchev–Trinajstić information content (AvgIpc) is 2.74. The van der Waals surface area contributed by atoms with Gasteiger partial charge in [0, 0.05) is 18.7 Å². The third-order valence-electron chi connectivity index (χ3n) is 4.59. The Morgan fingerprint density at radius 3 is 2.34 bits per heavy atom. The quantitative estimate of drug-likeness (QED) is 0.555. The SMILES string of the molecule is O=C(O)c1ccc(C=NNC(=O)c2cccc(S(=O)(=O)N3CCCCC3)c2)cc1. The lowest BCUT2D eigenvalue weighted by Crippen LogP contribution is -2.35. The molecule has 1 fully saturated rings. The van der Waals surface area contributed by atoms with Crippen LogP contribution in [0.4, 0.5) is 0 Å². The van der Waals surface area contributed by atoms with Crippen LogP contribution in [-0.2, 0) is 10.0 Å². The number of carboxylic acid groups (broad SMARTS) is 1. The molecule has 1 heterocycles. The second-order valence-corrected chi connectivity index (χ2v) is 8.56. The van der Waals surface area contributed by atoms with Crippen LogP contribution in [0.15, 0.2) is 58.5 Å². The number of carboxylic acids is 1. The summed E-state index contributed by atoms with van der Waals surface area (Å²) in [6.45, 7) is 0.980.